The Morgan fingerprint density at radius 1 is 1.20 bits per heavy atom. The van der Waals surface area contributed by atoms with Crippen LogP contribution >= 0.6 is 0 Å². The lowest BCUT2D eigenvalue weighted by molar-refractivity contribution is -0.141. The van der Waals surface area contributed by atoms with Gasteiger partial charge in [0.1, 0.15) is 0 Å². The average molecular weight is 280 g/mol. The van der Waals surface area contributed by atoms with Crippen LogP contribution in [0, 0.1) is 0 Å². The molecule has 20 heavy (non-hydrogen) atoms. The van der Waals surface area contributed by atoms with Gasteiger partial charge in [0.05, 0.1) is 12.5 Å². The first-order valence-corrected chi connectivity index (χ1v) is 8.14. The van der Waals surface area contributed by atoms with Gasteiger partial charge in [-0.05, 0) is 32.6 Å². The fourth-order valence-corrected chi connectivity index (χ4v) is 3.70. The molecular formula is C16H28N2O2. The van der Waals surface area contributed by atoms with Gasteiger partial charge in [-0.2, -0.15) is 0 Å². The Morgan fingerprint density at radius 2 is 1.80 bits per heavy atom. The molecule has 4 nitrogen and oxygen atoms in total. The predicted octanol–water partition coefficient (Wildman–Crippen LogP) is 2.61. The second-order valence-electron chi connectivity index (χ2n) is 6.59. The normalized spacial score (nSPS) is 26.6. The summed E-state index contributed by atoms with van der Waals surface area (Å²) in [7, 11) is 0. The van der Waals surface area contributed by atoms with Crippen molar-refractivity contribution in [1.29, 1.82) is 0 Å². The maximum Gasteiger partial charge on any atom is 0.247 e. The van der Waals surface area contributed by atoms with E-state index >= 15 is 0 Å². The molecule has 1 aliphatic carbocycles. The predicted molar refractivity (Wildman–Crippen MR) is 79.3 cm³/mol. The first-order chi connectivity index (χ1) is 9.50. The molecule has 1 saturated heterocycles. The molecule has 1 atom stereocenters. The molecule has 0 spiro atoms. The monoisotopic (exact) mass is 280 g/mol. The number of nitrogens with one attached hydrogen (secondary N) is 1. The molecule has 2 aliphatic rings. The summed E-state index contributed by atoms with van der Waals surface area (Å²) in [5.41, 5.74) is 0.0305. The van der Waals surface area contributed by atoms with E-state index < -0.39 is 0 Å². The minimum Gasteiger partial charge on any atom is -0.300 e. The zero-order valence-electron chi connectivity index (χ0n) is 13.1. The van der Waals surface area contributed by atoms with Crippen molar-refractivity contribution in [1.82, 2.24) is 10.2 Å². The summed E-state index contributed by atoms with van der Waals surface area (Å²) in [4.78, 5) is 26.2. The summed E-state index contributed by atoms with van der Waals surface area (Å²) >= 11 is 0. The summed E-state index contributed by atoms with van der Waals surface area (Å²) < 4.78 is 0. The largest absolute Gasteiger partial charge is 0.300 e. The molecule has 1 unspecified atom stereocenters. The molecule has 1 saturated carbocycles. The summed E-state index contributed by atoms with van der Waals surface area (Å²) in [5, 5.41) is 3.50. The minimum atomic E-state index is -0.300. The van der Waals surface area contributed by atoms with Crippen molar-refractivity contribution >= 4 is 11.8 Å². The zero-order valence-corrected chi connectivity index (χ0v) is 13.1. The number of rotatable bonds is 5. The number of carbonyl (C=O) groups excluding carboxylic acids is 2. The molecule has 2 rings (SSSR count). The Hall–Kier alpha value is -0.900. The lowest BCUT2D eigenvalue weighted by atomic mass is 9.82. The molecule has 2 fully saturated rings. The van der Waals surface area contributed by atoms with Crippen LogP contribution in [0.15, 0.2) is 0 Å². The van der Waals surface area contributed by atoms with Crippen molar-refractivity contribution in [3.8, 4) is 0 Å². The van der Waals surface area contributed by atoms with E-state index in [4.69, 9.17) is 0 Å². The highest BCUT2D eigenvalue weighted by atomic mass is 16.2. The molecule has 1 heterocycles. The van der Waals surface area contributed by atoms with Crippen molar-refractivity contribution in [2.45, 2.75) is 89.8 Å². The topological polar surface area (TPSA) is 49.4 Å². The smallest absolute Gasteiger partial charge is 0.247 e. The van der Waals surface area contributed by atoms with Crippen molar-refractivity contribution in [3.05, 3.63) is 0 Å². The third-order valence-corrected chi connectivity index (χ3v) is 4.97. The van der Waals surface area contributed by atoms with Gasteiger partial charge in [0, 0.05) is 11.6 Å². The maximum absolute atomic E-state index is 12.5. The minimum absolute atomic E-state index is 0.000564. The number of nitrogens with zero attached hydrogens (tertiary/aromatic N) is 1. The highest BCUT2D eigenvalue weighted by Gasteiger charge is 2.43. The van der Waals surface area contributed by atoms with Crippen LogP contribution in [0.4, 0.5) is 0 Å². The lowest BCUT2D eigenvalue weighted by Gasteiger charge is -2.36. The Kier molecular flexibility index (Phi) is 4.84. The molecular weight excluding hydrogens is 252 g/mol. The van der Waals surface area contributed by atoms with Crippen molar-refractivity contribution in [2.75, 3.05) is 0 Å². The van der Waals surface area contributed by atoms with Crippen LogP contribution in [0.3, 0.4) is 0 Å². The molecule has 4 heteroatoms. The van der Waals surface area contributed by atoms with Gasteiger partial charge in [-0.25, -0.2) is 0 Å². The van der Waals surface area contributed by atoms with Crippen LogP contribution < -0.4 is 5.32 Å². The molecule has 114 valence electrons. The van der Waals surface area contributed by atoms with E-state index in [9.17, 15) is 9.59 Å². The Labute approximate surface area is 122 Å². The summed E-state index contributed by atoms with van der Waals surface area (Å²) in [6, 6.07) is -0.229. The quantitative estimate of drug-likeness (QED) is 0.788. The van der Waals surface area contributed by atoms with Gasteiger partial charge in [0.2, 0.25) is 11.8 Å². The van der Waals surface area contributed by atoms with Gasteiger partial charge in [0.15, 0.2) is 0 Å². The first-order valence-electron chi connectivity index (χ1n) is 8.14. The summed E-state index contributed by atoms with van der Waals surface area (Å²) in [5.74, 6) is -0.00360. The van der Waals surface area contributed by atoms with Gasteiger partial charge < -0.3 is 5.32 Å². The van der Waals surface area contributed by atoms with E-state index in [1.165, 1.54) is 24.2 Å². The highest BCUT2D eigenvalue weighted by molar-refractivity contribution is 6.05. The average Bonchev–Trinajstić information content (AvgIpc) is 2.68. The number of imide groups is 1. The third kappa shape index (κ3) is 3.05. The van der Waals surface area contributed by atoms with E-state index in [-0.39, 0.29) is 29.4 Å². The van der Waals surface area contributed by atoms with Gasteiger partial charge in [0.25, 0.3) is 0 Å². The molecule has 0 radical (unpaired) electrons. The fourth-order valence-electron chi connectivity index (χ4n) is 3.70. The molecule has 1 N–H and O–H groups in total. The number of hydrogen-bond donors (Lipinski definition) is 1. The molecule has 1 aliphatic heterocycles. The fraction of sp³-hybridized carbons (Fsp3) is 0.875. The standard InChI is InChI=1S/C16H28N2O2/c1-4-12(5-2)18-14(19)11-13(15(18)20)17-16(3)9-7-6-8-10-16/h12-13,17H,4-11H2,1-3H3. The number of carbonyl (C=O) groups is 2. The van der Waals surface area contributed by atoms with E-state index in [1.54, 1.807) is 0 Å². The van der Waals surface area contributed by atoms with Gasteiger partial charge in [-0.1, -0.05) is 33.1 Å². The maximum atomic E-state index is 12.5. The van der Waals surface area contributed by atoms with E-state index in [1.807, 2.05) is 13.8 Å². The van der Waals surface area contributed by atoms with Crippen molar-refractivity contribution in [3.63, 3.8) is 0 Å². The van der Waals surface area contributed by atoms with Crippen molar-refractivity contribution in [2.24, 2.45) is 0 Å². The van der Waals surface area contributed by atoms with Gasteiger partial charge in [-0.3, -0.25) is 14.5 Å². The molecule has 2 amide bonds. The third-order valence-electron chi connectivity index (χ3n) is 4.97. The second-order valence-corrected chi connectivity index (χ2v) is 6.59. The first kappa shape index (κ1) is 15.5. The number of amides is 2. The van der Waals surface area contributed by atoms with E-state index in [0.717, 1.165) is 25.7 Å². The number of hydrogen-bond acceptors (Lipinski definition) is 3. The lowest BCUT2D eigenvalue weighted by Crippen LogP contribution is -2.52. The Morgan fingerprint density at radius 3 is 2.35 bits per heavy atom. The Balaban J connectivity index is 2.04. The van der Waals surface area contributed by atoms with Crippen LogP contribution in [-0.2, 0) is 9.59 Å². The summed E-state index contributed by atoms with van der Waals surface area (Å²) in [6.45, 7) is 6.28. The molecule has 0 aromatic carbocycles. The van der Waals surface area contributed by atoms with Crippen LogP contribution in [-0.4, -0.2) is 34.3 Å². The second kappa shape index (κ2) is 6.25. The molecule has 0 aromatic rings. The van der Waals surface area contributed by atoms with Crippen molar-refractivity contribution < 1.29 is 9.59 Å². The SMILES string of the molecule is CCC(CC)N1C(=O)CC(NC2(C)CCCCC2)C1=O. The number of likely N-dealkylation sites (tertiary alicyclic amines) is 1. The van der Waals surface area contributed by atoms with Gasteiger partial charge in [-0.15, -0.1) is 0 Å². The van der Waals surface area contributed by atoms with Crippen LogP contribution in [0.25, 0.3) is 0 Å². The summed E-state index contributed by atoms with van der Waals surface area (Å²) in [6.07, 6.45) is 7.96. The van der Waals surface area contributed by atoms with Crippen LogP contribution in [0.5, 0.6) is 0 Å². The van der Waals surface area contributed by atoms with Crippen LogP contribution in [0.2, 0.25) is 0 Å². The van der Waals surface area contributed by atoms with E-state index in [0.29, 0.717) is 6.42 Å². The van der Waals surface area contributed by atoms with E-state index in [2.05, 4.69) is 12.2 Å². The zero-order chi connectivity index (χ0) is 14.8. The molecule has 0 aromatic heterocycles. The Bertz CT molecular complexity index is 371. The van der Waals surface area contributed by atoms with Gasteiger partial charge >= 0.3 is 0 Å². The molecule has 0 bridgehead atoms. The highest BCUT2D eigenvalue weighted by Crippen LogP contribution is 2.30. The van der Waals surface area contributed by atoms with Crippen LogP contribution in [0.1, 0.15) is 72.1 Å².